The van der Waals surface area contributed by atoms with Gasteiger partial charge in [0.2, 0.25) is 0 Å². The molecule has 0 spiro atoms. The topological polar surface area (TPSA) is 53.6 Å². The number of carbonyl (C=O) groups is 1. The Kier molecular flexibility index (Phi) is 5.17. The van der Waals surface area contributed by atoms with Crippen LogP contribution < -0.4 is 15.6 Å². The molecule has 0 unspecified atom stereocenters. The third-order valence-corrected chi connectivity index (χ3v) is 2.82. The summed E-state index contributed by atoms with van der Waals surface area (Å²) in [6.45, 7) is 0.534. The van der Waals surface area contributed by atoms with E-state index in [4.69, 9.17) is 4.74 Å². The Balaban J connectivity index is 1.95. The van der Waals surface area contributed by atoms with Gasteiger partial charge in [-0.3, -0.25) is 0 Å². The van der Waals surface area contributed by atoms with Crippen LogP contribution in [0.15, 0.2) is 54.6 Å². The van der Waals surface area contributed by atoms with Crippen LogP contribution in [-0.2, 0) is 6.54 Å². The molecule has 110 valence electrons. The molecule has 0 bridgehead atoms. The molecule has 2 aromatic carbocycles. The molecule has 0 heterocycles. The van der Waals surface area contributed by atoms with Gasteiger partial charge in [0.15, 0.2) is 0 Å². The monoisotopic (exact) mass is 285 g/mol. The molecule has 5 heteroatoms. The van der Waals surface area contributed by atoms with Gasteiger partial charge in [-0.2, -0.15) is 0 Å². The highest BCUT2D eigenvalue weighted by Gasteiger charge is 2.10. The summed E-state index contributed by atoms with van der Waals surface area (Å²) in [5.41, 5.74) is 8.07. The lowest BCUT2D eigenvalue weighted by atomic mass is 10.2. The first-order chi connectivity index (χ1) is 10.2. The maximum atomic E-state index is 11.6. The van der Waals surface area contributed by atoms with Gasteiger partial charge in [-0.1, -0.05) is 36.4 Å². The molecule has 2 aromatic rings. The number of amides is 1. The molecule has 0 aliphatic heterocycles. The lowest BCUT2D eigenvalue weighted by Crippen LogP contribution is -2.26. The number of para-hydroxylation sites is 2. The third-order valence-electron chi connectivity index (χ3n) is 2.82. The van der Waals surface area contributed by atoms with Gasteiger partial charge in [-0.15, -0.1) is 0 Å². The van der Waals surface area contributed by atoms with Crippen LogP contribution in [-0.4, -0.2) is 25.1 Å². The van der Waals surface area contributed by atoms with Crippen molar-refractivity contribution in [1.82, 2.24) is 10.3 Å². The quantitative estimate of drug-likeness (QED) is 0.829. The van der Waals surface area contributed by atoms with E-state index in [0.717, 1.165) is 11.3 Å². The second kappa shape index (κ2) is 7.31. The molecule has 2 N–H and O–H groups in total. The van der Waals surface area contributed by atoms with Gasteiger partial charge >= 0.3 is 6.09 Å². The first-order valence-electron chi connectivity index (χ1n) is 6.68. The van der Waals surface area contributed by atoms with Crippen LogP contribution in [0.25, 0.3) is 0 Å². The summed E-state index contributed by atoms with van der Waals surface area (Å²) in [6.07, 6.45) is -0.390. The Morgan fingerprint density at radius 2 is 1.71 bits per heavy atom. The number of hydrogen-bond acceptors (Lipinski definition) is 4. The summed E-state index contributed by atoms with van der Waals surface area (Å²) in [4.78, 5) is 13.0. The number of rotatable bonds is 5. The van der Waals surface area contributed by atoms with Gasteiger partial charge < -0.3 is 15.1 Å². The van der Waals surface area contributed by atoms with E-state index in [-0.39, 0.29) is 0 Å². The molecule has 1 amide bonds. The molecule has 0 aliphatic carbocycles. The van der Waals surface area contributed by atoms with Crippen LogP contribution in [0.5, 0.6) is 5.75 Å². The Hall–Kier alpha value is -2.53. The van der Waals surface area contributed by atoms with Gasteiger partial charge in [0.1, 0.15) is 5.75 Å². The Labute approximate surface area is 124 Å². The SMILES string of the molecule is CN(C)C(=O)Oc1ccccc1CNNc1ccccc1. The average Bonchev–Trinajstić information content (AvgIpc) is 2.50. The number of nitrogens with one attached hydrogen (secondary N) is 2. The molecule has 2 rings (SSSR count). The molecule has 0 aliphatic rings. The van der Waals surface area contributed by atoms with E-state index in [1.54, 1.807) is 20.2 Å². The van der Waals surface area contributed by atoms with Crippen molar-refractivity contribution in [2.24, 2.45) is 0 Å². The number of carbonyl (C=O) groups excluding carboxylic acids is 1. The number of ether oxygens (including phenoxy) is 1. The van der Waals surface area contributed by atoms with Crippen LogP contribution in [0.4, 0.5) is 10.5 Å². The van der Waals surface area contributed by atoms with Crippen molar-refractivity contribution in [2.75, 3.05) is 19.5 Å². The van der Waals surface area contributed by atoms with E-state index in [1.807, 2.05) is 48.5 Å². The first kappa shape index (κ1) is 14.9. The molecule has 5 nitrogen and oxygen atoms in total. The number of hydrazine groups is 1. The summed E-state index contributed by atoms with van der Waals surface area (Å²) >= 11 is 0. The van der Waals surface area contributed by atoms with Crippen molar-refractivity contribution < 1.29 is 9.53 Å². The number of benzene rings is 2. The van der Waals surface area contributed by atoms with Crippen LogP contribution in [0, 0.1) is 0 Å². The molecule has 0 fully saturated rings. The summed E-state index contributed by atoms with van der Waals surface area (Å²) < 4.78 is 5.33. The first-order valence-corrected chi connectivity index (χ1v) is 6.68. The predicted octanol–water partition coefficient (Wildman–Crippen LogP) is 2.86. The van der Waals surface area contributed by atoms with Crippen molar-refractivity contribution in [2.45, 2.75) is 6.54 Å². The van der Waals surface area contributed by atoms with Gasteiger partial charge in [0, 0.05) is 31.9 Å². The summed E-state index contributed by atoms with van der Waals surface area (Å²) in [5, 5.41) is 0. The molecule has 0 aromatic heterocycles. The van der Waals surface area contributed by atoms with Gasteiger partial charge in [-0.05, 0) is 18.2 Å². The largest absolute Gasteiger partial charge is 0.414 e. The van der Waals surface area contributed by atoms with E-state index in [2.05, 4.69) is 10.9 Å². The van der Waals surface area contributed by atoms with E-state index < -0.39 is 6.09 Å². The van der Waals surface area contributed by atoms with Crippen LogP contribution in [0.1, 0.15) is 5.56 Å². The van der Waals surface area contributed by atoms with Gasteiger partial charge in [0.25, 0.3) is 0 Å². The number of nitrogens with zero attached hydrogens (tertiary/aromatic N) is 1. The van der Waals surface area contributed by atoms with E-state index >= 15 is 0 Å². The van der Waals surface area contributed by atoms with Crippen LogP contribution in [0.3, 0.4) is 0 Å². The van der Waals surface area contributed by atoms with Crippen molar-refractivity contribution in [1.29, 1.82) is 0 Å². The fourth-order valence-corrected chi connectivity index (χ4v) is 1.70. The van der Waals surface area contributed by atoms with Crippen molar-refractivity contribution in [3.05, 3.63) is 60.2 Å². The standard InChI is InChI=1S/C16H19N3O2/c1-19(2)16(20)21-15-11-7-6-8-13(15)12-17-18-14-9-4-3-5-10-14/h3-11,17-18H,12H2,1-2H3. The highest BCUT2D eigenvalue weighted by Crippen LogP contribution is 2.18. The smallest absolute Gasteiger partial charge is 0.410 e. The third kappa shape index (κ3) is 4.50. The maximum absolute atomic E-state index is 11.6. The van der Waals surface area contributed by atoms with Gasteiger partial charge in [-0.25, -0.2) is 10.2 Å². The zero-order valence-corrected chi connectivity index (χ0v) is 12.2. The number of hydrogen-bond donors (Lipinski definition) is 2. The van der Waals surface area contributed by atoms with Crippen LogP contribution in [0.2, 0.25) is 0 Å². The second-order valence-corrected chi connectivity index (χ2v) is 4.71. The van der Waals surface area contributed by atoms with Gasteiger partial charge in [0.05, 0.1) is 0 Å². The Morgan fingerprint density at radius 1 is 1.05 bits per heavy atom. The molecular weight excluding hydrogens is 266 g/mol. The minimum absolute atomic E-state index is 0.390. The average molecular weight is 285 g/mol. The molecule has 0 saturated carbocycles. The highest BCUT2D eigenvalue weighted by atomic mass is 16.6. The zero-order valence-electron chi connectivity index (χ0n) is 12.2. The predicted molar refractivity (Wildman–Crippen MR) is 83.1 cm³/mol. The summed E-state index contributed by atoms with van der Waals surface area (Å²) in [5.74, 6) is 0.554. The fourth-order valence-electron chi connectivity index (χ4n) is 1.70. The van der Waals surface area contributed by atoms with Crippen LogP contribution >= 0.6 is 0 Å². The molecule has 21 heavy (non-hydrogen) atoms. The highest BCUT2D eigenvalue weighted by molar-refractivity contribution is 5.70. The lowest BCUT2D eigenvalue weighted by molar-refractivity contribution is 0.171. The van der Waals surface area contributed by atoms with Crippen molar-refractivity contribution in [3.8, 4) is 5.75 Å². The minimum atomic E-state index is -0.390. The molecular formula is C16H19N3O2. The number of anilines is 1. The van der Waals surface area contributed by atoms with Crippen molar-refractivity contribution >= 4 is 11.8 Å². The summed E-state index contributed by atoms with van der Waals surface area (Å²) in [6, 6.07) is 17.2. The fraction of sp³-hybridized carbons (Fsp3) is 0.188. The maximum Gasteiger partial charge on any atom is 0.414 e. The normalized spacial score (nSPS) is 10.0. The Morgan fingerprint density at radius 3 is 2.43 bits per heavy atom. The zero-order chi connectivity index (χ0) is 15.1. The van der Waals surface area contributed by atoms with Crippen molar-refractivity contribution in [3.63, 3.8) is 0 Å². The summed E-state index contributed by atoms with van der Waals surface area (Å²) in [7, 11) is 3.31. The lowest BCUT2D eigenvalue weighted by Gasteiger charge is -2.14. The molecule has 0 atom stereocenters. The Bertz CT molecular complexity index is 585. The molecule has 0 saturated heterocycles. The van der Waals surface area contributed by atoms with E-state index in [0.29, 0.717) is 12.3 Å². The van der Waals surface area contributed by atoms with E-state index in [1.165, 1.54) is 4.90 Å². The van der Waals surface area contributed by atoms with E-state index in [9.17, 15) is 4.79 Å². The molecule has 0 radical (unpaired) electrons. The minimum Gasteiger partial charge on any atom is -0.410 e. The second-order valence-electron chi connectivity index (χ2n) is 4.71.